The lowest BCUT2D eigenvalue weighted by Crippen LogP contribution is -2.05. The average Bonchev–Trinajstić information content (AvgIpc) is 2.44. The molecule has 2 rings (SSSR count). The van der Waals surface area contributed by atoms with Crippen LogP contribution in [-0.2, 0) is 4.74 Å². The van der Waals surface area contributed by atoms with Crippen LogP contribution in [0.2, 0.25) is 0 Å². The number of nitrogen functional groups attached to an aromatic ring is 1. The molecule has 0 spiro atoms. The number of halogens is 2. The predicted octanol–water partition coefficient (Wildman–Crippen LogP) is 4.14. The Morgan fingerprint density at radius 2 is 1.95 bits per heavy atom. The third-order valence-corrected chi connectivity index (χ3v) is 3.25. The number of anilines is 1. The molecule has 0 heterocycles. The van der Waals surface area contributed by atoms with Gasteiger partial charge in [0.15, 0.2) is 0 Å². The van der Waals surface area contributed by atoms with Gasteiger partial charge in [-0.1, -0.05) is 0 Å². The topological polar surface area (TPSA) is 61.5 Å². The number of carbonyl (C=O) groups excluding carboxylic acids is 1. The second kappa shape index (κ2) is 6.58. The zero-order valence-electron chi connectivity index (χ0n) is 11.2. The van der Waals surface area contributed by atoms with Crippen LogP contribution in [0.4, 0.5) is 10.1 Å². The van der Waals surface area contributed by atoms with Gasteiger partial charge in [-0.15, -0.1) is 0 Å². The summed E-state index contributed by atoms with van der Waals surface area (Å²) >= 11 is 3.21. The van der Waals surface area contributed by atoms with E-state index in [9.17, 15) is 9.18 Å². The maximum absolute atomic E-state index is 13.0. The van der Waals surface area contributed by atoms with Crippen LogP contribution >= 0.6 is 15.9 Å². The number of esters is 1. The fourth-order valence-corrected chi connectivity index (χ4v) is 2.09. The van der Waals surface area contributed by atoms with Crippen LogP contribution in [0.1, 0.15) is 17.3 Å². The van der Waals surface area contributed by atoms with Gasteiger partial charge in [0.1, 0.15) is 17.3 Å². The van der Waals surface area contributed by atoms with Crippen LogP contribution < -0.4 is 10.5 Å². The maximum Gasteiger partial charge on any atom is 0.338 e. The minimum Gasteiger partial charge on any atom is -0.462 e. The van der Waals surface area contributed by atoms with E-state index < -0.39 is 5.97 Å². The van der Waals surface area contributed by atoms with Crippen molar-refractivity contribution >= 4 is 27.6 Å². The molecule has 0 atom stereocenters. The van der Waals surface area contributed by atoms with Gasteiger partial charge in [0.2, 0.25) is 0 Å². The second-order valence-electron chi connectivity index (χ2n) is 4.15. The lowest BCUT2D eigenvalue weighted by molar-refractivity contribution is 0.0526. The van der Waals surface area contributed by atoms with E-state index in [0.29, 0.717) is 28.1 Å². The molecule has 0 unspecified atom stereocenters. The SMILES string of the molecule is CCOC(=O)c1ccc(Oc2ccc(F)cc2Br)c(N)c1. The van der Waals surface area contributed by atoms with Crippen molar-refractivity contribution in [1.29, 1.82) is 0 Å². The molecule has 4 nitrogen and oxygen atoms in total. The third-order valence-electron chi connectivity index (χ3n) is 2.63. The molecule has 6 heteroatoms. The molecule has 0 aromatic heterocycles. The molecule has 0 aliphatic rings. The quantitative estimate of drug-likeness (QED) is 0.662. The molecule has 0 aliphatic carbocycles. The Morgan fingerprint density at radius 1 is 1.24 bits per heavy atom. The Labute approximate surface area is 129 Å². The first-order valence-corrected chi connectivity index (χ1v) is 7.00. The molecule has 0 amide bonds. The van der Waals surface area contributed by atoms with E-state index in [1.54, 1.807) is 19.1 Å². The highest BCUT2D eigenvalue weighted by atomic mass is 79.9. The Morgan fingerprint density at radius 3 is 2.57 bits per heavy atom. The van der Waals surface area contributed by atoms with E-state index in [0.717, 1.165) is 0 Å². The molecule has 0 aliphatic heterocycles. The number of carbonyl (C=O) groups is 1. The van der Waals surface area contributed by atoms with Gasteiger partial charge in [0, 0.05) is 0 Å². The summed E-state index contributed by atoms with van der Waals surface area (Å²) in [6.07, 6.45) is 0. The van der Waals surface area contributed by atoms with E-state index in [2.05, 4.69) is 15.9 Å². The Hall–Kier alpha value is -2.08. The average molecular weight is 354 g/mol. The summed E-state index contributed by atoms with van der Waals surface area (Å²) in [5.74, 6) is -0.0269. The number of hydrogen-bond donors (Lipinski definition) is 1. The van der Waals surface area contributed by atoms with Crippen LogP contribution in [0.3, 0.4) is 0 Å². The van der Waals surface area contributed by atoms with E-state index in [-0.39, 0.29) is 11.5 Å². The lowest BCUT2D eigenvalue weighted by Gasteiger charge is -2.11. The van der Waals surface area contributed by atoms with Crippen LogP contribution in [0.5, 0.6) is 11.5 Å². The van der Waals surface area contributed by atoms with Crippen molar-refractivity contribution in [2.24, 2.45) is 0 Å². The Balaban J connectivity index is 2.23. The normalized spacial score (nSPS) is 10.2. The van der Waals surface area contributed by atoms with Gasteiger partial charge in [0.25, 0.3) is 0 Å². The van der Waals surface area contributed by atoms with E-state index in [1.807, 2.05) is 0 Å². The zero-order chi connectivity index (χ0) is 15.4. The first-order valence-electron chi connectivity index (χ1n) is 6.20. The van der Waals surface area contributed by atoms with Crippen molar-refractivity contribution in [1.82, 2.24) is 0 Å². The molecule has 110 valence electrons. The molecule has 0 bridgehead atoms. The van der Waals surface area contributed by atoms with Gasteiger partial charge in [-0.25, -0.2) is 9.18 Å². The van der Waals surface area contributed by atoms with Gasteiger partial charge in [-0.05, 0) is 59.3 Å². The van der Waals surface area contributed by atoms with Crippen molar-refractivity contribution in [3.05, 3.63) is 52.3 Å². The first kappa shape index (κ1) is 15.3. The largest absolute Gasteiger partial charge is 0.462 e. The molecule has 2 aromatic rings. The lowest BCUT2D eigenvalue weighted by atomic mass is 10.2. The smallest absolute Gasteiger partial charge is 0.338 e. The van der Waals surface area contributed by atoms with E-state index in [1.165, 1.54) is 24.3 Å². The molecular formula is C15H13BrFNO3. The molecule has 2 aromatic carbocycles. The fraction of sp³-hybridized carbons (Fsp3) is 0.133. The summed E-state index contributed by atoms with van der Waals surface area (Å²) in [5.41, 5.74) is 6.50. The van der Waals surface area contributed by atoms with E-state index in [4.69, 9.17) is 15.2 Å². The molecule has 0 radical (unpaired) electrons. The zero-order valence-corrected chi connectivity index (χ0v) is 12.8. The Bertz CT molecular complexity index is 676. The van der Waals surface area contributed by atoms with E-state index >= 15 is 0 Å². The summed E-state index contributed by atoms with van der Waals surface area (Å²) in [6.45, 7) is 2.02. The number of benzene rings is 2. The number of hydrogen-bond acceptors (Lipinski definition) is 4. The molecule has 0 saturated heterocycles. The van der Waals surface area contributed by atoms with Crippen LogP contribution in [0.25, 0.3) is 0 Å². The van der Waals surface area contributed by atoms with Crippen molar-refractivity contribution < 1.29 is 18.7 Å². The highest BCUT2D eigenvalue weighted by molar-refractivity contribution is 9.10. The summed E-state index contributed by atoms with van der Waals surface area (Å²) in [4.78, 5) is 11.6. The fourth-order valence-electron chi connectivity index (χ4n) is 1.66. The molecule has 0 saturated carbocycles. The van der Waals surface area contributed by atoms with Crippen LogP contribution in [0.15, 0.2) is 40.9 Å². The molecule has 0 fully saturated rings. The summed E-state index contributed by atoms with van der Waals surface area (Å²) in [6, 6.07) is 8.66. The standard InChI is InChI=1S/C15H13BrFNO3/c1-2-20-15(19)9-3-5-14(12(18)7-9)21-13-6-4-10(17)8-11(13)16/h3-8H,2,18H2,1H3. The third kappa shape index (κ3) is 3.72. The van der Waals surface area contributed by atoms with Crippen LogP contribution in [-0.4, -0.2) is 12.6 Å². The highest BCUT2D eigenvalue weighted by Gasteiger charge is 2.11. The highest BCUT2D eigenvalue weighted by Crippen LogP contribution is 2.33. The summed E-state index contributed by atoms with van der Waals surface area (Å²) in [7, 11) is 0. The van der Waals surface area contributed by atoms with Crippen molar-refractivity contribution in [2.75, 3.05) is 12.3 Å². The van der Waals surface area contributed by atoms with Crippen molar-refractivity contribution in [3.8, 4) is 11.5 Å². The summed E-state index contributed by atoms with van der Waals surface area (Å²) < 4.78 is 24.0. The maximum atomic E-state index is 13.0. The minimum atomic E-state index is -0.446. The molecular weight excluding hydrogens is 341 g/mol. The number of nitrogens with two attached hydrogens (primary N) is 1. The first-order chi connectivity index (χ1) is 10.0. The predicted molar refractivity (Wildman–Crippen MR) is 81.0 cm³/mol. The summed E-state index contributed by atoms with van der Waals surface area (Å²) in [5, 5.41) is 0. The number of ether oxygens (including phenoxy) is 2. The monoisotopic (exact) mass is 353 g/mol. The van der Waals surface area contributed by atoms with Gasteiger partial charge in [0.05, 0.1) is 22.3 Å². The molecule has 21 heavy (non-hydrogen) atoms. The van der Waals surface area contributed by atoms with Gasteiger partial charge < -0.3 is 15.2 Å². The van der Waals surface area contributed by atoms with Gasteiger partial charge in [-0.3, -0.25) is 0 Å². The van der Waals surface area contributed by atoms with Gasteiger partial charge >= 0.3 is 5.97 Å². The van der Waals surface area contributed by atoms with Crippen molar-refractivity contribution in [3.63, 3.8) is 0 Å². The van der Waals surface area contributed by atoms with Crippen LogP contribution in [0, 0.1) is 5.82 Å². The molecule has 2 N–H and O–H groups in total. The minimum absolute atomic E-state index is 0.289. The Kier molecular flexibility index (Phi) is 4.80. The van der Waals surface area contributed by atoms with Crippen molar-refractivity contribution in [2.45, 2.75) is 6.92 Å². The van der Waals surface area contributed by atoms with Gasteiger partial charge in [-0.2, -0.15) is 0 Å². The second-order valence-corrected chi connectivity index (χ2v) is 5.00. The number of rotatable bonds is 4.